The van der Waals surface area contributed by atoms with E-state index in [1.165, 1.54) is 54.6 Å². The third-order valence-corrected chi connectivity index (χ3v) is 5.74. The zero-order valence-corrected chi connectivity index (χ0v) is 13.5. The van der Waals surface area contributed by atoms with Crippen LogP contribution in [0.1, 0.15) is 36.8 Å². The summed E-state index contributed by atoms with van der Waals surface area (Å²) >= 11 is 1.88. The third-order valence-electron chi connectivity index (χ3n) is 4.52. The summed E-state index contributed by atoms with van der Waals surface area (Å²) in [5, 5.41) is 4.65. The lowest BCUT2D eigenvalue weighted by Gasteiger charge is -2.44. The molecule has 2 aliphatic rings. The van der Waals surface area contributed by atoms with Gasteiger partial charge >= 0.3 is 0 Å². The van der Waals surface area contributed by atoms with Gasteiger partial charge < -0.3 is 10.2 Å². The van der Waals surface area contributed by atoms with E-state index in [0.29, 0.717) is 0 Å². The standard InChI is InChI=1S/C15H26N4S/c1-3-16-10-14-12(2)17-15(20-14)19-9-8-18-7-5-4-6-13(18)11-19/h13,16H,3-11H2,1-2H3. The highest BCUT2D eigenvalue weighted by Crippen LogP contribution is 2.29. The fourth-order valence-corrected chi connectivity index (χ4v) is 4.35. The number of aromatic nitrogens is 1. The Morgan fingerprint density at radius 2 is 2.20 bits per heavy atom. The van der Waals surface area contributed by atoms with Crippen molar-refractivity contribution < 1.29 is 0 Å². The van der Waals surface area contributed by atoms with Gasteiger partial charge in [-0.3, -0.25) is 4.90 Å². The maximum absolute atomic E-state index is 4.81. The van der Waals surface area contributed by atoms with Crippen LogP contribution in [0.2, 0.25) is 0 Å². The number of thiazole rings is 1. The molecule has 3 rings (SSSR count). The van der Waals surface area contributed by atoms with E-state index in [4.69, 9.17) is 4.98 Å². The van der Waals surface area contributed by atoms with E-state index in [-0.39, 0.29) is 0 Å². The van der Waals surface area contributed by atoms with Crippen LogP contribution in [0.4, 0.5) is 5.13 Å². The molecule has 0 amide bonds. The molecule has 1 aromatic rings. The highest BCUT2D eigenvalue weighted by molar-refractivity contribution is 7.15. The largest absolute Gasteiger partial charge is 0.345 e. The summed E-state index contributed by atoms with van der Waals surface area (Å²) in [5.41, 5.74) is 1.21. The molecule has 0 spiro atoms. The maximum Gasteiger partial charge on any atom is 0.185 e. The molecule has 20 heavy (non-hydrogen) atoms. The van der Waals surface area contributed by atoms with Gasteiger partial charge in [0.2, 0.25) is 0 Å². The van der Waals surface area contributed by atoms with Crippen molar-refractivity contribution in [3.05, 3.63) is 10.6 Å². The second-order valence-corrected chi connectivity index (χ2v) is 6.98. The zero-order valence-electron chi connectivity index (χ0n) is 12.7. The van der Waals surface area contributed by atoms with Crippen LogP contribution in [0.5, 0.6) is 0 Å². The Morgan fingerprint density at radius 1 is 1.30 bits per heavy atom. The first-order chi connectivity index (χ1) is 9.78. The Bertz CT molecular complexity index is 445. The van der Waals surface area contributed by atoms with Gasteiger partial charge in [-0.15, -0.1) is 11.3 Å². The summed E-state index contributed by atoms with van der Waals surface area (Å²) < 4.78 is 0. The average molecular weight is 294 g/mol. The van der Waals surface area contributed by atoms with Crippen LogP contribution in [0.15, 0.2) is 0 Å². The Morgan fingerprint density at radius 3 is 3.05 bits per heavy atom. The molecule has 1 unspecified atom stereocenters. The molecule has 1 atom stereocenters. The van der Waals surface area contributed by atoms with Crippen molar-refractivity contribution in [3.8, 4) is 0 Å². The molecule has 5 heteroatoms. The Kier molecular flexibility index (Phi) is 4.58. The van der Waals surface area contributed by atoms with Gasteiger partial charge in [0.05, 0.1) is 5.69 Å². The molecule has 2 aliphatic heterocycles. The number of anilines is 1. The highest BCUT2D eigenvalue weighted by Gasteiger charge is 2.30. The summed E-state index contributed by atoms with van der Waals surface area (Å²) in [7, 11) is 0. The molecule has 2 saturated heterocycles. The van der Waals surface area contributed by atoms with Gasteiger partial charge in [-0.1, -0.05) is 13.3 Å². The van der Waals surface area contributed by atoms with Gasteiger partial charge in [-0.2, -0.15) is 0 Å². The minimum absolute atomic E-state index is 0.763. The normalized spacial score (nSPS) is 23.9. The zero-order chi connectivity index (χ0) is 13.9. The molecule has 0 aliphatic carbocycles. The van der Waals surface area contributed by atoms with E-state index in [1.54, 1.807) is 0 Å². The van der Waals surface area contributed by atoms with Crippen LogP contribution in [-0.2, 0) is 6.54 Å². The predicted molar refractivity (Wildman–Crippen MR) is 85.7 cm³/mol. The number of rotatable bonds is 4. The SMILES string of the molecule is CCNCc1sc(N2CCN3CCCCC3C2)nc1C. The van der Waals surface area contributed by atoms with Crippen LogP contribution >= 0.6 is 11.3 Å². The number of fused-ring (bicyclic) bond motifs is 1. The van der Waals surface area contributed by atoms with Gasteiger partial charge in [0.1, 0.15) is 0 Å². The van der Waals surface area contributed by atoms with Gasteiger partial charge in [0.15, 0.2) is 5.13 Å². The lowest BCUT2D eigenvalue weighted by molar-refractivity contribution is 0.133. The van der Waals surface area contributed by atoms with Crippen molar-refractivity contribution in [1.82, 2.24) is 15.2 Å². The van der Waals surface area contributed by atoms with E-state index >= 15 is 0 Å². The lowest BCUT2D eigenvalue weighted by atomic mass is 10.00. The molecule has 0 bridgehead atoms. The first kappa shape index (κ1) is 14.3. The number of piperidine rings is 1. The van der Waals surface area contributed by atoms with Gasteiger partial charge in [-0.25, -0.2) is 4.98 Å². The molecule has 1 aromatic heterocycles. The summed E-state index contributed by atoms with van der Waals surface area (Å²) in [5.74, 6) is 0. The Balaban J connectivity index is 1.67. The number of nitrogens with zero attached hydrogens (tertiary/aromatic N) is 3. The van der Waals surface area contributed by atoms with Crippen molar-refractivity contribution in [2.75, 3.05) is 37.6 Å². The van der Waals surface area contributed by atoms with Crippen LogP contribution in [0.3, 0.4) is 0 Å². The molecular formula is C15H26N4S. The topological polar surface area (TPSA) is 31.4 Å². The van der Waals surface area contributed by atoms with Gasteiger partial charge in [0.25, 0.3) is 0 Å². The van der Waals surface area contributed by atoms with Crippen molar-refractivity contribution in [2.24, 2.45) is 0 Å². The maximum atomic E-state index is 4.81. The van der Waals surface area contributed by atoms with E-state index < -0.39 is 0 Å². The lowest BCUT2D eigenvalue weighted by Crippen LogP contribution is -2.54. The molecule has 3 heterocycles. The van der Waals surface area contributed by atoms with E-state index in [9.17, 15) is 0 Å². The summed E-state index contributed by atoms with van der Waals surface area (Å²) in [4.78, 5) is 11.4. The van der Waals surface area contributed by atoms with E-state index in [0.717, 1.165) is 25.7 Å². The first-order valence-corrected chi connectivity index (χ1v) is 8.75. The number of piperazine rings is 1. The van der Waals surface area contributed by atoms with Crippen LogP contribution in [0.25, 0.3) is 0 Å². The average Bonchev–Trinajstić information content (AvgIpc) is 2.86. The van der Waals surface area contributed by atoms with Gasteiger partial charge in [0, 0.05) is 37.1 Å². The third kappa shape index (κ3) is 3.00. The smallest absolute Gasteiger partial charge is 0.185 e. The number of hydrogen-bond donors (Lipinski definition) is 1. The van der Waals surface area contributed by atoms with Crippen LogP contribution in [0, 0.1) is 6.92 Å². The Hall–Kier alpha value is -0.650. The first-order valence-electron chi connectivity index (χ1n) is 7.94. The van der Waals surface area contributed by atoms with Crippen molar-refractivity contribution in [3.63, 3.8) is 0 Å². The van der Waals surface area contributed by atoms with E-state index in [2.05, 4.69) is 29.0 Å². The molecule has 2 fully saturated rings. The molecular weight excluding hydrogens is 268 g/mol. The fourth-order valence-electron chi connectivity index (χ4n) is 3.28. The second kappa shape index (κ2) is 6.41. The minimum atomic E-state index is 0.763. The molecule has 4 nitrogen and oxygen atoms in total. The molecule has 112 valence electrons. The van der Waals surface area contributed by atoms with E-state index in [1.807, 2.05) is 11.3 Å². The molecule has 1 N–H and O–H groups in total. The van der Waals surface area contributed by atoms with Crippen molar-refractivity contribution >= 4 is 16.5 Å². The van der Waals surface area contributed by atoms with Crippen molar-refractivity contribution in [1.29, 1.82) is 0 Å². The minimum Gasteiger partial charge on any atom is -0.345 e. The van der Waals surface area contributed by atoms with Crippen molar-refractivity contribution in [2.45, 2.75) is 45.7 Å². The Labute approximate surface area is 126 Å². The monoisotopic (exact) mass is 294 g/mol. The van der Waals surface area contributed by atoms with Gasteiger partial charge in [-0.05, 0) is 32.9 Å². The number of nitrogens with one attached hydrogen (secondary N) is 1. The summed E-state index contributed by atoms with van der Waals surface area (Å²) in [6.07, 6.45) is 4.16. The molecule has 0 radical (unpaired) electrons. The molecule has 0 aromatic carbocycles. The number of aryl methyl sites for hydroxylation is 1. The quantitative estimate of drug-likeness (QED) is 0.923. The summed E-state index contributed by atoms with van der Waals surface area (Å²) in [6, 6.07) is 0.763. The number of hydrogen-bond acceptors (Lipinski definition) is 5. The second-order valence-electron chi connectivity index (χ2n) is 5.92. The summed E-state index contributed by atoms with van der Waals surface area (Å²) in [6.45, 7) is 11.1. The van der Waals surface area contributed by atoms with Crippen LogP contribution < -0.4 is 10.2 Å². The predicted octanol–water partition coefficient (Wildman–Crippen LogP) is 2.24. The fraction of sp³-hybridized carbons (Fsp3) is 0.800. The highest BCUT2D eigenvalue weighted by atomic mass is 32.1. The van der Waals surface area contributed by atoms with Crippen LogP contribution in [-0.4, -0.2) is 48.6 Å². The molecule has 0 saturated carbocycles.